The minimum atomic E-state index is -3.92. The van der Waals surface area contributed by atoms with Crippen molar-refractivity contribution in [3.05, 3.63) is 29.8 Å². The van der Waals surface area contributed by atoms with E-state index in [1.54, 1.807) is 12.1 Å². The highest BCUT2D eigenvalue weighted by Gasteiger charge is 2.44. The molecule has 0 spiro atoms. The summed E-state index contributed by atoms with van der Waals surface area (Å²) in [5.74, 6) is -1.21. The second kappa shape index (κ2) is 6.80. The summed E-state index contributed by atoms with van der Waals surface area (Å²) in [6.45, 7) is 3.21. The lowest BCUT2D eigenvalue weighted by molar-refractivity contribution is -0.140. The minimum absolute atomic E-state index is 0.0548. The Balaban J connectivity index is 2.25. The van der Waals surface area contributed by atoms with Crippen LogP contribution in [0, 0.1) is 6.92 Å². The quantitative estimate of drug-likeness (QED) is 0.687. The van der Waals surface area contributed by atoms with Crippen LogP contribution >= 0.6 is 12.6 Å². The summed E-state index contributed by atoms with van der Waals surface area (Å²) in [7, 11) is -1.97. The lowest BCUT2D eigenvalue weighted by Crippen LogP contribution is -2.57. The number of thiol groups is 1. The summed E-state index contributed by atoms with van der Waals surface area (Å²) in [5, 5.41) is 9.52. The lowest BCUT2D eigenvalue weighted by atomic mass is 9.89. The number of aryl methyl sites for hydroxylation is 1. The molecule has 6 nitrogen and oxygen atoms in total. The molecule has 1 atom stereocenters. The predicted octanol–water partition coefficient (Wildman–Crippen LogP) is 1.12. The Labute approximate surface area is 142 Å². The number of hydrogen-bond acceptors (Lipinski definition) is 5. The SMILES string of the molecule is Cc1ccc(S(=O)(=O)N[C@H](C(=O)O)C2(S)CCN(C)CC2)cc1. The van der Waals surface area contributed by atoms with E-state index in [9.17, 15) is 18.3 Å². The van der Waals surface area contributed by atoms with Crippen LogP contribution in [0.3, 0.4) is 0 Å². The van der Waals surface area contributed by atoms with Crippen molar-refractivity contribution < 1.29 is 18.3 Å². The van der Waals surface area contributed by atoms with Crippen LogP contribution < -0.4 is 4.72 Å². The van der Waals surface area contributed by atoms with E-state index in [0.29, 0.717) is 25.9 Å². The van der Waals surface area contributed by atoms with Crippen molar-refractivity contribution in [3.8, 4) is 0 Å². The first-order chi connectivity index (χ1) is 10.6. The molecule has 0 bridgehead atoms. The van der Waals surface area contributed by atoms with Gasteiger partial charge in [-0.05, 0) is 52.0 Å². The number of carboxylic acid groups (broad SMARTS) is 1. The molecule has 23 heavy (non-hydrogen) atoms. The molecule has 0 aromatic heterocycles. The molecule has 0 unspecified atom stereocenters. The maximum absolute atomic E-state index is 12.5. The number of carboxylic acids is 1. The number of nitrogens with zero attached hydrogens (tertiary/aromatic N) is 1. The lowest BCUT2D eigenvalue weighted by Gasteiger charge is -2.40. The smallest absolute Gasteiger partial charge is 0.323 e. The van der Waals surface area contributed by atoms with Crippen LogP contribution in [0.5, 0.6) is 0 Å². The average Bonchev–Trinajstić information content (AvgIpc) is 2.48. The predicted molar refractivity (Wildman–Crippen MR) is 91.4 cm³/mol. The molecule has 0 saturated carbocycles. The first-order valence-electron chi connectivity index (χ1n) is 7.37. The molecule has 1 heterocycles. The van der Waals surface area contributed by atoms with E-state index in [1.165, 1.54) is 12.1 Å². The molecule has 2 N–H and O–H groups in total. The van der Waals surface area contributed by atoms with Crippen LogP contribution in [0.4, 0.5) is 0 Å². The number of likely N-dealkylation sites (tertiary alicyclic amines) is 1. The first-order valence-corrected chi connectivity index (χ1v) is 9.30. The largest absolute Gasteiger partial charge is 0.480 e. The third-order valence-electron chi connectivity index (χ3n) is 4.24. The molecule has 2 rings (SSSR count). The van der Waals surface area contributed by atoms with Gasteiger partial charge in [0, 0.05) is 4.75 Å². The van der Waals surface area contributed by atoms with Crippen molar-refractivity contribution in [1.82, 2.24) is 9.62 Å². The van der Waals surface area contributed by atoms with E-state index in [2.05, 4.69) is 22.3 Å². The molecule has 0 aliphatic carbocycles. The van der Waals surface area contributed by atoms with Crippen molar-refractivity contribution in [2.24, 2.45) is 0 Å². The Morgan fingerprint density at radius 2 is 1.83 bits per heavy atom. The van der Waals surface area contributed by atoms with Gasteiger partial charge in [-0.15, -0.1) is 0 Å². The standard InChI is InChI=1S/C15H22N2O4S2/c1-11-3-5-12(6-4-11)23(20,21)16-13(14(18)19)15(22)7-9-17(2)10-8-15/h3-6,13,16,22H,7-10H2,1-2H3,(H,18,19)/t13-/m1/s1. The Morgan fingerprint density at radius 3 is 2.30 bits per heavy atom. The molecule has 128 valence electrons. The number of rotatable bonds is 5. The monoisotopic (exact) mass is 358 g/mol. The molecule has 1 aromatic rings. The zero-order valence-electron chi connectivity index (χ0n) is 13.2. The number of benzene rings is 1. The summed E-state index contributed by atoms with van der Waals surface area (Å²) in [5.41, 5.74) is 0.930. The van der Waals surface area contributed by atoms with E-state index < -0.39 is 26.8 Å². The average molecular weight is 358 g/mol. The zero-order valence-corrected chi connectivity index (χ0v) is 14.9. The normalized spacial score (nSPS) is 20.1. The molecular weight excluding hydrogens is 336 g/mol. The molecular formula is C15H22N2O4S2. The van der Waals surface area contributed by atoms with Crippen molar-refractivity contribution in [3.63, 3.8) is 0 Å². The van der Waals surface area contributed by atoms with Gasteiger partial charge >= 0.3 is 5.97 Å². The number of hydrogen-bond donors (Lipinski definition) is 3. The summed E-state index contributed by atoms with van der Waals surface area (Å²) < 4.78 is 26.4. The number of nitrogens with one attached hydrogen (secondary N) is 1. The molecule has 1 aliphatic rings. The molecule has 0 radical (unpaired) electrons. The van der Waals surface area contributed by atoms with Gasteiger partial charge in [-0.1, -0.05) is 17.7 Å². The topological polar surface area (TPSA) is 86.7 Å². The maximum atomic E-state index is 12.5. The minimum Gasteiger partial charge on any atom is -0.480 e. The van der Waals surface area contributed by atoms with Gasteiger partial charge in [0.15, 0.2) is 0 Å². The second-order valence-corrected chi connectivity index (χ2v) is 8.72. The van der Waals surface area contributed by atoms with Crippen LogP contribution in [-0.4, -0.2) is 55.3 Å². The Bertz CT molecular complexity index is 665. The molecule has 1 fully saturated rings. The van der Waals surface area contributed by atoms with Gasteiger partial charge in [-0.3, -0.25) is 4.79 Å². The number of sulfonamides is 1. The van der Waals surface area contributed by atoms with Crippen molar-refractivity contribution in [2.75, 3.05) is 20.1 Å². The summed E-state index contributed by atoms with van der Waals surface area (Å²) in [4.78, 5) is 13.8. The third-order valence-corrected chi connectivity index (χ3v) is 6.39. The third kappa shape index (κ3) is 4.26. The van der Waals surface area contributed by atoms with E-state index in [-0.39, 0.29) is 4.90 Å². The van der Waals surface area contributed by atoms with Crippen LogP contribution in [-0.2, 0) is 14.8 Å². The fourth-order valence-electron chi connectivity index (χ4n) is 2.62. The van der Waals surface area contributed by atoms with Crippen molar-refractivity contribution >= 4 is 28.6 Å². The number of piperidine rings is 1. The van der Waals surface area contributed by atoms with Gasteiger partial charge in [0.1, 0.15) is 6.04 Å². The van der Waals surface area contributed by atoms with Gasteiger partial charge in [-0.25, -0.2) is 8.42 Å². The molecule has 1 saturated heterocycles. The van der Waals surface area contributed by atoms with Crippen molar-refractivity contribution in [2.45, 2.75) is 35.4 Å². The van der Waals surface area contributed by atoms with Gasteiger partial charge in [0.2, 0.25) is 10.0 Å². The fourth-order valence-corrected chi connectivity index (χ4v) is 4.35. The highest BCUT2D eigenvalue weighted by atomic mass is 32.2. The summed E-state index contributed by atoms with van der Waals surface area (Å²) >= 11 is 4.53. The van der Waals surface area contributed by atoms with Gasteiger partial charge in [0.05, 0.1) is 4.90 Å². The molecule has 1 aliphatic heterocycles. The van der Waals surface area contributed by atoms with Crippen LogP contribution in [0.15, 0.2) is 29.2 Å². The van der Waals surface area contributed by atoms with E-state index >= 15 is 0 Å². The van der Waals surface area contributed by atoms with Crippen molar-refractivity contribution in [1.29, 1.82) is 0 Å². The summed E-state index contributed by atoms with van der Waals surface area (Å²) in [6.07, 6.45) is 1.000. The fraction of sp³-hybridized carbons (Fsp3) is 0.533. The maximum Gasteiger partial charge on any atom is 0.323 e. The van der Waals surface area contributed by atoms with E-state index in [1.807, 2.05) is 14.0 Å². The van der Waals surface area contributed by atoms with Gasteiger partial charge in [0.25, 0.3) is 0 Å². The number of aliphatic carboxylic acids is 1. The van der Waals surface area contributed by atoms with Crippen LogP contribution in [0.2, 0.25) is 0 Å². The molecule has 0 amide bonds. The second-order valence-electron chi connectivity index (χ2n) is 6.11. The summed E-state index contributed by atoms with van der Waals surface area (Å²) in [6, 6.07) is 5.02. The number of carbonyl (C=O) groups is 1. The first kappa shape index (κ1) is 18.3. The van der Waals surface area contributed by atoms with Crippen LogP contribution in [0.25, 0.3) is 0 Å². The molecule has 8 heteroatoms. The van der Waals surface area contributed by atoms with Gasteiger partial charge < -0.3 is 10.0 Å². The Morgan fingerprint density at radius 1 is 1.30 bits per heavy atom. The van der Waals surface area contributed by atoms with E-state index in [4.69, 9.17) is 0 Å². The zero-order chi connectivity index (χ0) is 17.3. The van der Waals surface area contributed by atoms with Gasteiger partial charge in [-0.2, -0.15) is 17.4 Å². The highest BCUT2D eigenvalue weighted by Crippen LogP contribution is 2.33. The molecule has 1 aromatic carbocycles. The Kier molecular flexibility index (Phi) is 5.40. The Hall–Kier alpha value is -1.09. The van der Waals surface area contributed by atoms with E-state index in [0.717, 1.165) is 5.56 Å². The van der Waals surface area contributed by atoms with Crippen LogP contribution in [0.1, 0.15) is 18.4 Å². The highest BCUT2D eigenvalue weighted by molar-refractivity contribution is 7.89.